The fourth-order valence-electron chi connectivity index (χ4n) is 3.76. The van der Waals surface area contributed by atoms with Crippen LogP contribution in [0.2, 0.25) is 0 Å². The standard InChI is InChI=1S/C24H20F3N3O3/c1-2-33-24(32)22-29(19-10-4-7-16(26)13-19)21(28-18-9-3-6-15(25)12-18)23(31)30(22)20-11-5-8-17(27)14-20/h3-14,21-22,28H,2H2,1H3/t21-,22+/m0/s1. The van der Waals surface area contributed by atoms with E-state index in [1.165, 1.54) is 59.5 Å². The van der Waals surface area contributed by atoms with Crippen LogP contribution in [0.1, 0.15) is 6.92 Å². The van der Waals surface area contributed by atoms with Crippen molar-refractivity contribution in [2.24, 2.45) is 0 Å². The molecule has 170 valence electrons. The maximum atomic E-state index is 14.1. The molecule has 1 amide bonds. The Morgan fingerprint density at radius 1 is 0.909 bits per heavy atom. The van der Waals surface area contributed by atoms with Crippen LogP contribution in [0.25, 0.3) is 0 Å². The van der Waals surface area contributed by atoms with E-state index in [1.807, 2.05) is 0 Å². The summed E-state index contributed by atoms with van der Waals surface area (Å²) in [6.07, 6.45) is -2.61. The van der Waals surface area contributed by atoms with Crippen molar-refractivity contribution in [2.45, 2.75) is 19.3 Å². The molecule has 3 aromatic carbocycles. The molecule has 4 rings (SSSR count). The molecule has 1 fully saturated rings. The lowest BCUT2D eigenvalue weighted by molar-refractivity contribution is -0.144. The zero-order chi connectivity index (χ0) is 23.5. The van der Waals surface area contributed by atoms with Crippen molar-refractivity contribution in [1.29, 1.82) is 0 Å². The second kappa shape index (κ2) is 9.23. The first-order chi connectivity index (χ1) is 15.9. The van der Waals surface area contributed by atoms with Gasteiger partial charge in [0.25, 0.3) is 5.91 Å². The number of benzene rings is 3. The molecule has 9 heteroatoms. The van der Waals surface area contributed by atoms with E-state index in [2.05, 4.69) is 5.32 Å². The minimum absolute atomic E-state index is 0.0273. The molecule has 6 nitrogen and oxygen atoms in total. The van der Waals surface area contributed by atoms with E-state index in [-0.39, 0.29) is 23.7 Å². The van der Waals surface area contributed by atoms with Gasteiger partial charge in [0, 0.05) is 17.1 Å². The smallest absolute Gasteiger partial charge is 0.350 e. The average Bonchev–Trinajstić information content (AvgIpc) is 3.06. The highest BCUT2D eigenvalue weighted by atomic mass is 19.1. The second-order valence-electron chi connectivity index (χ2n) is 7.26. The summed E-state index contributed by atoms with van der Waals surface area (Å²) in [5, 5.41) is 2.91. The van der Waals surface area contributed by atoms with Crippen LogP contribution in [-0.4, -0.2) is 30.8 Å². The van der Waals surface area contributed by atoms with Gasteiger partial charge in [-0.05, 0) is 61.5 Å². The Kier molecular flexibility index (Phi) is 6.21. The molecule has 3 aromatic rings. The molecule has 0 unspecified atom stereocenters. The number of rotatable bonds is 6. The lowest BCUT2D eigenvalue weighted by Crippen LogP contribution is -2.49. The highest BCUT2D eigenvalue weighted by molar-refractivity contribution is 6.10. The Balaban J connectivity index is 1.87. The summed E-state index contributed by atoms with van der Waals surface area (Å²) in [6, 6.07) is 16.0. The maximum absolute atomic E-state index is 14.1. The van der Waals surface area contributed by atoms with Gasteiger partial charge in [-0.2, -0.15) is 0 Å². The summed E-state index contributed by atoms with van der Waals surface area (Å²) in [7, 11) is 0. The van der Waals surface area contributed by atoms with Gasteiger partial charge in [0.05, 0.1) is 6.61 Å². The quantitative estimate of drug-likeness (QED) is 0.562. The maximum Gasteiger partial charge on any atom is 0.350 e. The highest BCUT2D eigenvalue weighted by Crippen LogP contribution is 2.35. The van der Waals surface area contributed by atoms with Crippen LogP contribution in [0, 0.1) is 17.5 Å². The number of carbonyl (C=O) groups excluding carboxylic acids is 2. The lowest BCUT2D eigenvalue weighted by Gasteiger charge is -2.31. The predicted octanol–water partition coefficient (Wildman–Crippen LogP) is 4.28. The minimum atomic E-state index is -1.37. The van der Waals surface area contributed by atoms with Crippen LogP contribution in [0.5, 0.6) is 0 Å². The number of anilines is 3. The fraction of sp³-hybridized carbons (Fsp3) is 0.167. The van der Waals surface area contributed by atoms with Crippen LogP contribution in [0.15, 0.2) is 72.8 Å². The van der Waals surface area contributed by atoms with E-state index in [0.717, 1.165) is 17.0 Å². The summed E-state index contributed by atoms with van der Waals surface area (Å²) in [4.78, 5) is 29.1. The van der Waals surface area contributed by atoms with Gasteiger partial charge in [0.2, 0.25) is 6.17 Å². The Labute approximate surface area is 188 Å². The van der Waals surface area contributed by atoms with Crippen LogP contribution in [0.3, 0.4) is 0 Å². The first-order valence-corrected chi connectivity index (χ1v) is 10.2. The Hall–Kier alpha value is -4.01. The second-order valence-corrected chi connectivity index (χ2v) is 7.26. The molecule has 1 aliphatic rings. The van der Waals surface area contributed by atoms with E-state index < -0.39 is 41.7 Å². The molecule has 0 bridgehead atoms. The largest absolute Gasteiger partial charge is 0.463 e. The summed E-state index contributed by atoms with van der Waals surface area (Å²) in [5.41, 5.74) is 0.579. The first kappa shape index (κ1) is 22.2. The normalized spacial score (nSPS) is 17.9. The Bertz CT molecular complexity index is 1190. The van der Waals surface area contributed by atoms with E-state index >= 15 is 0 Å². The van der Waals surface area contributed by atoms with Crippen molar-refractivity contribution in [3.05, 3.63) is 90.2 Å². The minimum Gasteiger partial charge on any atom is -0.463 e. The van der Waals surface area contributed by atoms with Crippen LogP contribution in [0.4, 0.5) is 30.2 Å². The number of hydrogen-bond donors (Lipinski definition) is 1. The van der Waals surface area contributed by atoms with E-state index in [4.69, 9.17) is 4.74 Å². The van der Waals surface area contributed by atoms with Crippen LogP contribution in [-0.2, 0) is 14.3 Å². The summed E-state index contributed by atoms with van der Waals surface area (Å²) in [6.45, 7) is 1.63. The molecular weight excluding hydrogens is 435 g/mol. The SMILES string of the molecule is CCOC(=O)[C@H]1N(c2cccc(F)c2)C(=O)[C@@H](Nc2cccc(F)c2)N1c1cccc(F)c1. The number of nitrogens with one attached hydrogen (secondary N) is 1. The molecular formula is C24H20F3N3O3. The molecule has 0 radical (unpaired) electrons. The van der Waals surface area contributed by atoms with Crippen LogP contribution >= 0.6 is 0 Å². The van der Waals surface area contributed by atoms with E-state index in [1.54, 1.807) is 13.0 Å². The number of hydrogen-bond acceptors (Lipinski definition) is 5. The molecule has 0 saturated carbocycles. The lowest BCUT2D eigenvalue weighted by atomic mass is 10.2. The fourth-order valence-corrected chi connectivity index (χ4v) is 3.76. The molecule has 0 aliphatic carbocycles. The van der Waals surface area contributed by atoms with Crippen molar-refractivity contribution in [3.8, 4) is 0 Å². The number of nitrogens with zero attached hydrogens (tertiary/aromatic N) is 2. The average molecular weight is 455 g/mol. The number of carbonyl (C=O) groups is 2. The Morgan fingerprint density at radius 2 is 1.48 bits per heavy atom. The summed E-state index contributed by atoms with van der Waals surface area (Å²) in [5.74, 6) is -3.15. The molecule has 1 N–H and O–H groups in total. The van der Waals surface area contributed by atoms with Crippen molar-refractivity contribution >= 4 is 28.9 Å². The molecule has 1 saturated heterocycles. The molecule has 0 aromatic heterocycles. The van der Waals surface area contributed by atoms with Crippen molar-refractivity contribution < 1.29 is 27.5 Å². The summed E-state index contributed by atoms with van der Waals surface area (Å²) >= 11 is 0. The van der Waals surface area contributed by atoms with Gasteiger partial charge in [-0.1, -0.05) is 18.2 Å². The summed E-state index contributed by atoms with van der Waals surface area (Å²) < 4.78 is 47.1. The van der Waals surface area contributed by atoms with Gasteiger partial charge in [0.1, 0.15) is 17.5 Å². The topological polar surface area (TPSA) is 61.9 Å². The monoisotopic (exact) mass is 455 g/mol. The van der Waals surface area contributed by atoms with Gasteiger partial charge in [-0.3, -0.25) is 9.69 Å². The number of halogens is 3. The zero-order valence-corrected chi connectivity index (χ0v) is 17.5. The van der Waals surface area contributed by atoms with Crippen molar-refractivity contribution in [2.75, 3.05) is 21.7 Å². The first-order valence-electron chi connectivity index (χ1n) is 10.2. The van der Waals surface area contributed by atoms with Crippen LogP contribution < -0.4 is 15.1 Å². The third kappa shape index (κ3) is 4.48. The molecule has 1 heterocycles. The van der Waals surface area contributed by atoms with Gasteiger partial charge in [0.15, 0.2) is 6.17 Å². The van der Waals surface area contributed by atoms with Gasteiger partial charge < -0.3 is 15.0 Å². The predicted molar refractivity (Wildman–Crippen MR) is 117 cm³/mol. The van der Waals surface area contributed by atoms with Gasteiger partial charge in [-0.15, -0.1) is 0 Å². The molecule has 33 heavy (non-hydrogen) atoms. The number of ether oxygens (including phenoxy) is 1. The van der Waals surface area contributed by atoms with Crippen molar-refractivity contribution in [1.82, 2.24) is 0 Å². The molecule has 2 atom stereocenters. The van der Waals surface area contributed by atoms with E-state index in [0.29, 0.717) is 0 Å². The van der Waals surface area contributed by atoms with Gasteiger partial charge >= 0.3 is 5.97 Å². The van der Waals surface area contributed by atoms with Crippen molar-refractivity contribution in [3.63, 3.8) is 0 Å². The molecule has 0 spiro atoms. The Morgan fingerprint density at radius 3 is 2.09 bits per heavy atom. The third-order valence-corrected chi connectivity index (χ3v) is 5.08. The van der Waals surface area contributed by atoms with Gasteiger partial charge in [-0.25, -0.2) is 18.0 Å². The molecule has 1 aliphatic heterocycles. The zero-order valence-electron chi connectivity index (χ0n) is 17.5. The third-order valence-electron chi connectivity index (χ3n) is 5.08. The number of amides is 1. The van der Waals surface area contributed by atoms with E-state index in [9.17, 15) is 22.8 Å². The highest BCUT2D eigenvalue weighted by Gasteiger charge is 2.51. The number of esters is 1.